The van der Waals surface area contributed by atoms with Crippen LogP contribution in [0.4, 0.5) is 0 Å². The highest BCUT2D eigenvalue weighted by Crippen LogP contribution is 2.18. The van der Waals surface area contributed by atoms with Crippen LogP contribution >= 0.6 is 0 Å². The molecule has 0 bridgehead atoms. The number of hydrogen-bond acceptors (Lipinski definition) is 5. The molecule has 7 heteroatoms. The molecular formula is C29H33N3O4. The van der Waals surface area contributed by atoms with E-state index < -0.39 is 11.9 Å². The first-order valence-electron chi connectivity index (χ1n) is 12.0. The van der Waals surface area contributed by atoms with Crippen molar-refractivity contribution in [3.63, 3.8) is 0 Å². The van der Waals surface area contributed by atoms with Gasteiger partial charge in [0, 0.05) is 5.56 Å². The van der Waals surface area contributed by atoms with Gasteiger partial charge >= 0.3 is 0 Å². The van der Waals surface area contributed by atoms with Gasteiger partial charge in [-0.1, -0.05) is 74.5 Å². The minimum Gasteiger partial charge on any atom is -0.488 e. The third kappa shape index (κ3) is 8.58. The first-order chi connectivity index (χ1) is 17.4. The fraction of sp³-hybridized carbons (Fsp3) is 0.276. The van der Waals surface area contributed by atoms with Crippen LogP contribution in [0.2, 0.25) is 0 Å². The number of ether oxygens (including phenoxy) is 2. The van der Waals surface area contributed by atoms with Crippen molar-refractivity contribution < 1.29 is 19.1 Å². The van der Waals surface area contributed by atoms with Crippen molar-refractivity contribution >= 4 is 18.0 Å². The van der Waals surface area contributed by atoms with Crippen LogP contribution in [0.25, 0.3) is 0 Å². The summed E-state index contributed by atoms with van der Waals surface area (Å²) in [7, 11) is 0. The Kier molecular flexibility index (Phi) is 10.1. The zero-order valence-corrected chi connectivity index (χ0v) is 20.9. The number of amides is 2. The number of nitrogens with zero attached hydrogens (tertiary/aromatic N) is 1. The molecule has 0 unspecified atom stereocenters. The van der Waals surface area contributed by atoms with Gasteiger partial charge < -0.3 is 14.8 Å². The Morgan fingerprint density at radius 3 is 2.28 bits per heavy atom. The van der Waals surface area contributed by atoms with Crippen LogP contribution in [0, 0.1) is 12.8 Å². The lowest BCUT2D eigenvalue weighted by atomic mass is 10.0. The van der Waals surface area contributed by atoms with Crippen molar-refractivity contribution in [3.8, 4) is 11.5 Å². The molecule has 0 heterocycles. The molecule has 36 heavy (non-hydrogen) atoms. The topological polar surface area (TPSA) is 89.0 Å². The van der Waals surface area contributed by atoms with Crippen molar-refractivity contribution in [2.45, 2.75) is 39.8 Å². The fourth-order valence-corrected chi connectivity index (χ4v) is 3.50. The molecule has 188 valence electrons. The molecular weight excluding hydrogens is 454 g/mol. The Hall–Kier alpha value is -4.13. The van der Waals surface area contributed by atoms with Gasteiger partial charge in [-0.05, 0) is 48.6 Å². The van der Waals surface area contributed by atoms with Gasteiger partial charge in [-0.15, -0.1) is 0 Å². The average Bonchev–Trinajstić information content (AvgIpc) is 2.87. The Morgan fingerprint density at radius 2 is 1.56 bits per heavy atom. The standard InChI is InChI=1S/C29H33N3O4/c1-21(2)17-25(31-28(33)20-36-26-15-9-7-11-22(26)3)29(34)32-30-18-24-14-8-10-16-27(24)35-19-23-12-5-4-6-13-23/h4-16,18,21,25H,17,19-20H2,1-3H3,(H,31,33)(H,32,34)/b30-18-/t25-/m1/s1. The predicted octanol–water partition coefficient (Wildman–Crippen LogP) is 4.63. The molecule has 1 atom stereocenters. The largest absolute Gasteiger partial charge is 0.488 e. The first-order valence-corrected chi connectivity index (χ1v) is 12.0. The van der Waals surface area contributed by atoms with Gasteiger partial charge in [0.05, 0.1) is 6.21 Å². The van der Waals surface area contributed by atoms with Crippen LogP contribution in [0.1, 0.15) is 37.0 Å². The molecule has 0 spiro atoms. The molecule has 7 nitrogen and oxygen atoms in total. The SMILES string of the molecule is Cc1ccccc1OCC(=O)N[C@H](CC(C)C)C(=O)N/N=C\c1ccccc1OCc1ccccc1. The molecule has 0 aliphatic heterocycles. The lowest BCUT2D eigenvalue weighted by molar-refractivity contribution is -0.130. The van der Waals surface area contributed by atoms with Crippen LogP contribution in [-0.4, -0.2) is 30.7 Å². The van der Waals surface area contributed by atoms with Gasteiger partial charge in [0.1, 0.15) is 24.1 Å². The smallest absolute Gasteiger partial charge is 0.262 e. The molecule has 3 aromatic carbocycles. The first kappa shape index (κ1) is 26.5. The molecule has 3 aromatic rings. The normalized spacial score (nSPS) is 11.8. The van der Waals surface area contributed by atoms with E-state index in [0.29, 0.717) is 24.5 Å². The van der Waals surface area contributed by atoms with E-state index in [9.17, 15) is 9.59 Å². The second kappa shape index (κ2) is 13.7. The van der Waals surface area contributed by atoms with Crippen molar-refractivity contribution in [1.29, 1.82) is 0 Å². The maximum Gasteiger partial charge on any atom is 0.262 e. The number of carbonyl (C=O) groups is 2. The molecule has 2 amide bonds. The number of rotatable bonds is 12. The summed E-state index contributed by atoms with van der Waals surface area (Å²) in [6.45, 7) is 6.12. The molecule has 0 saturated carbocycles. The molecule has 0 aliphatic carbocycles. The number of para-hydroxylation sites is 2. The summed E-state index contributed by atoms with van der Waals surface area (Å²) in [5.74, 6) is 0.707. The van der Waals surface area contributed by atoms with Crippen molar-refractivity contribution in [2.24, 2.45) is 11.0 Å². The van der Waals surface area contributed by atoms with E-state index in [1.165, 1.54) is 6.21 Å². The van der Waals surface area contributed by atoms with E-state index in [-0.39, 0.29) is 18.4 Å². The highest BCUT2D eigenvalue weighted by atomic mass is 16.5. The van der Waals surface area contributed by atoms with Gasteiger partial charge in [0.25, 0.3) is 11.8 Å². The van der Waals surface area contributed by atoms with Crippen molar-refractivity contribution in [2.75, 3.05) is 6.61 Å². The Labute approximate surface area is 212 Å². The van der Waals surface area contributed by atoms with Gasteiger partial charge in [-0.3, -0.25) is 9.59 Å². The van der Waals surface area contributed by atoms with Crippen LogP contribution in [0.5, 0.6) is 11.5 Å². The van der Waals surface area contributed by atoms with Crippen molar-refractivity contribution in [1.82, 2.24) is 10.7 Å². The van der Waals surface area contributed by atoms with Crippen molar-refractivity contribution in [3.05, 3.63) is 95.6 Å². The number of benzene rings is 3. The van der Waals surface area contributed by atoms with Gasteiger partial charge in [-0.25, -0.2) is 5.43 Å². The minimum atomic E-state index is -0.736. The van der Waals surface area contributed by atoms with E-state index in [1.807, 2.05) is 93.6 Å². The fourth-order valence-electron chi connectivity index (χ4n) is 3.50. The molecule has 0 fully saturated rings. The monoisotopic (exact) mass is 487 g/mol. The predicted molar refractivity (Wildman–Crippen MR) is 141 cm³/mol. The highest BCUT2D eigenvalue weighted by molar-refractivity contribution is 5.89. The van der Waals surface area contributed by atoms with E-state index in [4.69, 9.17) is 9.47 Å². The number of carbonyl (C=O) groups excluding carboxylic acids is 2. The van der Waals surface area contributed by atoms with E-state index in [1.54, 1.807) is 6.07 Å². The summed E-state index contributed by atoms with van der Waals surface area (Å²) >= 11 is 0. The quantitative estimate of drug-likeness (QED) is 0.288. The second-order valence-corrected chi connectivity index (χ2v) is 8.85. The van der Waals surface area contributed by atoms with Gasteiger partial charge in [0.15, 0.2) is 6.61 Å². The van der Waals surface area contributed by atoms with Gasteiger partial charge in [0.2, 0.25) is 0 Å². The summed E-state index contributed by atoms with van der Waals surface area (Å²) in [5.41, 5.74) is 5.26. The molecule has 0 aliphatic rings. The Morgan fingerprint density at radius 1 is 0.889 bits per heavy atom. The molecule has 0 aromatic heterocycles. The third-order valence-electron chi connectivity index (χ3n) is 5.35. The van der Waals surface area contributed by atoms with Gasteiger partial charge in [-0.2, -0.15) is 5.10 Å². The molecule has 3 rings (SSSR count). The maximum atomic E-state index is 12.8. The summed E-state index contributed by atoms with van der Waals surface area (Å²) in [6, 6.07) is 24.0. The van der Waals surface area contributed by atoms with Crippen LogP contribution < -0.4 is 20.2 Å². The zero-order chi connectivity index (χ0) is 25.8. The number of aryl methyl sites for hydroxylation is 1. The molecule has 2 N–H and O–H groups in total. The third-order valence-corrected chi connectivity index (χ3v) is 5.35. The highest BCUT2D eigenvalue weighted by Gasteiger charge is 2.22. The molecule has 0 saturated heterocycles. The average molecular weight is 488 g/mol. The number of hydrogen-bond donors (Lipinski definition) is 2. The van der Waals surface area contributed by atoms with E-state index in [0.717, 1.165) is 16.7 Å². The second-order valence-electron chi connectivity index (χ2n) is 8.85. The lowest BCUT2D eigenvalue weighted by Gasteiger charge is -2.19. The number of hydrazone groups is 1. The summed E-state index contributed by atoms with van der Waals surface area (Å²) in [6.07, 6.45) is 2.00. The maximum absolute atomic E-state index is 12.8. The molecule has 0 radical (unpaired) electrons. The van der Waals surface area contributed by atoms with Crippen LogP contribution in [0.3, 0.4) is 0 Å². The number of nitrogens with one attached hydrogen (secondary N) is 2. The lowest BCUT2D eigenvalue weighted by Crippen LogP contribution is -2.47. The van der Waals surface area contributed by atoms with Crippen LogP contribution in [0.15, 0.2) is 84.0 Å². The summed E-state index contributed by atoms with van der Waals surface area (Å²) in [5, 5.41) is 6.87. The Balaban J connectivity index is 1.56. The minimum absolute atomic E-state index is 0.178. The van der Waals surface area contributed by atoms with E-state index >= 15 is 0 Å². The van der Waals surface area contributed by atoms with E-state index in [2.05, 4.69) is 15.8 Å². The Bertz CT molecular complexity index is 1160. The summed E-state index contributed by atoms with van der Waals surface area (Å²) < 4.78 is 11.5. The summed E-state index contributed by atoms with van der Waals surface area (Å²) in [4.78, 5) is 25.3. The zero-order valence-electron chi connectivity index (χ0n) is 20.9. The van der Waals surface area contributed by atoms with Crippen LogP contribution in [-0.2, 0) is 16.2 Å².